The lowest BCUT2D eigenvalue weighted by Gasteiger charge is -2.28. The number of benzene rings is 2. The number of pyridine rings is 1. The van der Waals surface area contributed by atoms with Gasteiger partial charge < -0.3 is 14.4 Å². The van der Waals surface area contributed by atoms with E-state index in [1.807, 2.05) is 30.3 Å². The number of hydrogen-bond donors (Lipinski definition) is 0. The molecule has 2 heterocycles. The lowest BCUT2D eigenvalue weighted by Crippen LogP contribution is -2.36. The summed E-state index contributed by atoms with van der Waals surface area (Å²) in [6.45, 7) is 3.82. The van der Waals surface area contributed by atoms with Crippen LogP contribution in [0.15, 0.2) is 60.7 Å². The Labute approximate surface area is 141 Å². The van der Waals surface area contributed by atoms with E-state index in [1.165, 1.54) is 0 Å². The van der Waals surface area contributed by atoms with Crippen molar-refractivity contribution in [2.75, 3.05) is 31.2 Å². The molecule has 4 heteroatoms. The quantitative estimate of drug-likeness (QED) is 0.735. The highest BCUT2D eigenvalue weighted by Crippen LogP contribution is 2.27. The molecule has 0 amide bonds. The molecule has 0 spiro atoms. The third kappa shape index (κ3) is 3.19. The molecule has 24 heavy (non-hydrogen) atoms. The average Bonchev–Trinajstić information content (AvgIpc) is 2.67. The minimum atomic E-state index is 0.545. The Hall–Kier alpha value is -2.59. The Balaban J connectivity index is 1.62. The van der Waals surface area contributed by atoms with Crippen LogP contribution in [0, 0.1) is 0 Å². The maximum Gasteiger partial charge on any atom is 0.146 e. The number of aromatic nitrogens is 1. The van der Waals surface area contributed by atoms with Crippen LogP contribution in [0.5, 0.6) is 5.75 Å². The summed E-state index contributed by atoms with van der Waals surface area (Å²) in [7, 11) is 0. The first kappa shape index (κ1) is 15.0. The molecular weight excluding hydrogens is 300 g/mol. The fourth-order valence-electron chi connectivity index (χ4n) is 2.93. The average molecular weight is 320 g/mol. The highest BCUT2D eigenvalue weighted by atomic mass is 16.5. The van der Waals surface area contributed by atoms with E-state index < -0.39 is 0 Å². The third-order valence-electron chi connectivity index (χ3n) is 4.24. The highest BCUT2D eigenvalue weighted by Gasteiger charge is 2.14. The monoisotopic (exact) mass is 320 g/mol. The van der Waals surface area contributed by atoms with Gasteiger partial charge in [-0.25, -0.2) is 4.98 Å². The molecule has 1 saturated heterocycles. The minimum absolute atomic E-state index is 0.545. The maximum atomic E-state index is 6.04. The molecule has 4 rings (SSSR count). The SMILES string of the molecule is c1ccc(COc2cccc3ccc(N4CCOCC4)nc23)cc1. The summed E-state index contributed by atoms with van der Waals surface area (Å²) in [5, 5.41) is 1.09. The van der Waals surface area contributed by atoms with Crippen molar-refractivity contribution in [1.29, 1.82) is 0 Å². The van der Waals surface area contributed by atoms with Crippen LogP contribution in [-0.2, 0) is 11.3 Å². The summed E-state index contributed by atoms with van der Waals surface area (Å²) in [5.74, 6) is 1.81. The molecule has 0 unspecified atom stereocenters. The lowest BCUT2D eigenvalue weighted by atomic mass is 10.2. The molecular formula is C20H20N2O2. The van der Waals surface area contributed by atoms with Crippen molar-refractivity contribution >= 4 is 16.7 Å². The van der Waals surface area contributed by atoms with Crippen LogP contribution in [0.4, 0.5) is 5.82 Å². The van der Waals surface area contributed by atoms with Crippen LogP contribution in [0.2, 0.25) is 0 Å². The first-order valence-electron chi connectivity index (χ1n) is 8.29. The molecule has 1 fully saturated rings. The third-order valence-corrected chi connectivity index (χ3v) is 4.24. The van der Waals surface area contributed by atoms with E-state index in [2.05, 4.69) is 35.2 Å². The second-order valence-electron chi connectivity index (χ2n) is 5.87. The van der Waals surface area contributed by atoms with Crippen molar-refractivity contribution in [3.05, 3.63) is 66.2 Å². The van der Waals surface area contributed by atoms with Crippen LogP contribution in [0.25, 0.3) is 10.9 Å². The molecule has 0 aliphatic carbocycles. The summed E-state index contributed by atoms with van der Waals surface area (Å²) in [5.41, 5.74) is 2.07. The van der Waals surface area contributed by atoms with Crippen molar-refractivity contribution in [3.63, 3.8) is 0 Å². The first-order chi connectivity index (χ1) is 11.9. The van der Waals surface area contributed by atoms with E-state index in [1.54, 1.807) is 0 Å². The number of ether oxygens (including phenoxy) is 2. The van der Waals surface area contributed by atoms with E-state index >= 15 is 0 Å². The number of fused-ring (bicyclic) bond motifs is 1. The van der Waals surface area contributed by atoms with E-state index in [9.17, 15) is 0 Å². The van der Waals surface area contributed by atoms with Gasteiger partial charge in [0.2, 0.25) is 0 Å². The molecule has 0 bridgehead atoms. The van der Waals surface area contributed by atoms with Crippen molar-refractivity contribution in [2.45, 2.75) is 6.61 Å². The van der Waals surface area contributed by atoms with Crippen molar-refractivity contribution in [3.8, 4) is 5.75 Å². The van der Waals surface area contributed by atoms with Gasteiger partial charge in [-0.15, -0.1) is 0 Å². The van der Waals surface area contributed by atoms with Crippen LogP contribution in [0.1, 0.15) is 5.56 Å². The summed E-state index contributed by atoms with van der Waals surface area (Å²) < 4.78 is 11.5. The van der Waals surface area contributed by atoms with Gasteiger partial charge in [-0.1, -0.05) is 42.5 Å². The topological polar surface area (TPSA) is 34.6 Å². The molecule has 1 aliphatic rings. The van der Waals surface area contributed by atoms with E-state index in [0.717, 1.165) is 54.3 Å². The van der Waals surface area contributed by atoms with Crippen molar-refractivity contribution in [1.82, 2.24) is 4.98 Å². The van der Waals surface area contributed by atoms with E-state index in [4.69, 9.17) is 14.5 Å². The van der Waals surface area contributed by atoms with Gasteiger partial charge in [-0.2, -0.15) is 0 Å². The molecule has 0 N–H and O–H groups in total. The highest BCUT2D eigenvalue weighted by molar-refractivity contribution is 5.86. The van der Waals surface area contributed by atoms with Crippen molar-refractivity contribution < 1.29 is 9.47 Å². The zero-order chi connectivity index (χ0) is 16.2. The lowest BCUT2D eigenvalue weighted by molar-refractivity contribution is 0.122. The van der Waals surface area contributed by atoms with Crippen LogP contribution in [0.3, 0.4) is 0 Å². The fraction of sp³-hybridized carbons (Fsp3) is 0.250. The number of nitrogens with zero attached hydrogens (tertiary/aromatic N) is 2. The maximum absolute atomic E-state index is 6.04. The van der Waals surface area contributed by atoms with E-state index in [0.29, 0.717) is 6.61 Å². The molecule has 0 atom stereocenters. The van der Waals surface area contributed by atoms with Crippen LogP contribution in [-0.4, -0.2) is 31.3 Å². The van der Waals surface area contributed by atoms with Gasteiger partial charge >= 0.3 is 0 Å². The zero-order valence-electron chi connectivity index (χ0n) is 13.5. The number of para-hydroxylation sites is 1. The van der Waals surface area contributed by atoms with Gasteiger partial charge in [0.05, 0.1) is 13.2 Å². The van der Waals surface area contributed by atoms with E-state index in [-0.39, 0.29) is 0 Å². The van der Waals surface area contributed by atoms with Crippen LogP contribution < -0.4 is 9.64 Å². The Morgan fingerprint density at radius 1 is 0.917 bits per heavy atom. The molecule has 1 aromatic heterocycles. The Morgan fingerprint density at radius 2 is 1.75 bits per heavy atom. The molecule has 2 aromatic carbocycles. The molecule has 122 valence electrons. The Kier molecular flexibility index (Phi) is 4.30. The van der Waals surface area contributed by atoms with Gasteiger partial charge in [0.1, 0.15) is 23.7 Å². The molecule has 4 nitrogen and oxygen atoms in total. The zero-order valence-corrected chi connectivity index (χ0v) is 13.5. The standard InChI is InChI=1S/C20H20N2O2/c1-2-5-16(6-3-1)15-24-18-8-4-7-17-9-10-19(21-20(17)18)22-11-13-23-14-12-22/h1-10H,11-15H2. The van der Waals surface area contributed by atoms with Gasteiger partial charge in [-0.3, -0.25) is 0 Å². The largest absolute Gasteiger partial charge is 0.487 e. The molecule has 3 aromatic rings. The number of morpholine rings is 1. The van der Waals surface area contributed by atoms with Gasteiger partial charge in [0, 0.05) is 18.5 Å². The summed E-state index contributed by atoms with van der Waals surface area (Å²) in [6.07, 6.45) is 0. The smallest absolute Gasteiger partial charge is 0.146 e. The second kappa shape index (κ2) is 6.89. The van der Waals surface area contributed by atoms with Crippen molar-refractivity contribution in [2.24, 2.45) is 0 Å². The Morgan fingerprint density at radius 3 is 2.58 bits per heavy atom. The predicted molar refractivity (Wildman–Crippen MR) is 95.5 cm³/mol. The van der Waals surface area contributed by atoms with Gasteiger partial charge in [0.25, 0.3) is 0 Å². The van der Waals surface area contributed by atoms with Crippen LogP contribution >= 0.6 is 0 Å². The Bertz CT molecular complexity index is 814. The minimum Gasteiger partial charge on any atom is -0.487 e. The molecule has 0 radical (unpaired) electrons. The van der Waals surface area contributed by atoms with Gasteiger partial charge in [0.15, 0.2) is 0 Å². The van der Waals surface area contributed by atoms with Gasteiger partial charge in [-0.05, 0) is 23.8 Å². The predicted octanol–water partition coefficient (Wildman–Crippen LogP) is 3.65. The number of anilines is 1. The summed E-state index contributed by atoms with van der Waals surface area (Å²) >= 11 is 0. The number of rotatable bonds is 4. The first-order valence-corrected chi connectivity index (χ1v) is 8.29. The normalized spacial score (nSPS) is 14.8. The molecule has 1 aliphatic heterocycles. The molecule has 0 saturated carbocycles. The number of hydrogen-bond acceptors (Lipinski definition) is 4. The summed E-state index contributed by atoms with van der Waals surface area (Å²) in [6, 6.07) is 20.5. The second-order valence-corrected chi connectivity index (χ2v) is 5.87. The fourth-order valence-corrected chi connectivity index (χ4v) is 2.93. The summed E-state index contributed by atoms with van der Waals surface area (Å²) in [4.78, 5) is 7.12.